The first kappa shape index (κ1) is 23.6. The van der Waals surface area contributed by atoms with Gasteiger partial charge in [0.25, 0.3) is 5.91 Å². The molecule has 11 heteroatoms. The van der Waals surface area contributed by atoms with Crippen molar-refractivity contribution in [1.29, 1.82) is 0 Å². The number of hydrogen-bond acceptors (Lipinski definition) is 9. The van der Waals surface area contributed by atoms with Gasteiger partial charge in [-0.05, 0) is 32.9 Å². The number of hydroxylamine groups is 2. The number of hydrogen-bond donors (Lipinski definition) is 0. The smallest absolute Gasteiger partial charge is 0.427 e. The molecule has 1 aromatic rings. The largest absolute Gasteiger partial charge is 0.528 e. The monoisotopic (exact) mass is 479 g/mol. The molecule has 0 N–H and O–H groups in total. The summed E-state index contributed by atoms with van der Waals surface area (Å²) in [5, 5.41) is 6.32. The molecule has 33 heavy (non-hydrogen) atoms. The van der Waals surface area contributed by atoms with Crippen LogP contribution >= 0.6 is 11.6 Å². The lowest BCUT2D eigenvalue weighted by Crippen LogP contribution is -2.51. The fourth-order valence-electron chi connectivity index (χ4n) is 4.18. The van der Waals surface area contributed by atoms with E-state index in [4.69, 9.17) is 26.0 Å². The number of nitrogens with zero attached hydrogens (tertiary/aromatic N) is 5. The van der Waals surface area contributed by atoms with Crippen molar-refractivity contribution in [2.75, 3.05) is 44.2 Å². The molecule has 2 fully saturated rings. The molecule has 4 rings (SSSR count). The Morgan fingerprint density at radius 1 is 1.12 bits per heavy atom. The van der Waals surface area contributed by atoms with Crippen LogP contribution in [-0.4, -0.2) is 83.2 Å². The number of piperidine rings is 1. The number of pyridine rings is 1. The number of piperazine rings is 1. The summed E-state index contributed by atoms with van der Waals surface area (Å²) in [6, 6.07) is 3.61. The van der Waals surface area contributed by atoms with Crippen molar-refractivity contribution in [3.8, 4) is 0 Å². The number of oxime groups is 1. The molecule has 0 saturated carbocycles. The Hall–Kier alpha value is -2.59. The molecule has 0 radical (unpaired) electrons. The van der Waals surface area contributed by atoms with Crippen molar-refractivity contribution >= 4 is 35.2 Å². The Labute approximate surface area is 198 Å². The molecular formula is C22H30ClN5O5. The maximum Gasteiger partial charge on any atom is 0.528 e. The maximum absolute atomic E-state index is 13.0. The van der Waals surface area contributed by atoms with Crippen LogP contribution in [0.25, 0.3) is 0 Å². The molecule has 4 heterocycles. The molecule has 0 aliphatic carbocycles. The van der Waals surface area contributed by atoms with Gasteiger partial charge in [-0.15, -0.1) is 5.06 Å². The Kier molecular flexibility index (Phi) is 6.67. The molecule has 0 unspecified atom stereocenters. The van der Waals surface area contributed by atoms with Gasteiger partial charge >= 0.3 is 6.16 Å². The van der Waals surface area contributed by atoms with E-state index >= 15 is 0 Å². The van der Waals surface area contributed by atoms with Gasteiger partial charge in [0.1, 0.15) is 22.7 Å². The van der Waals surface area contributed by atoms with E-state index in [0.717, 1.165) is 5.82 Å². The number of amides is 1. The summed E-state index contributed by atoms with van der Waals surface area (Å²) in [7, 11) is 0. The summed E-state index contributed by atoms with van der Waals surface area (Å²) in [5.74, 6) is 0.651. The quantitative estimate of drug-likeness (QED) is 0.610. The zero-order valence-corrected chi connectivity index (χ0v) is 20.0. The van der Waals surface area contributed by atoms with Gasteiger partial charge in [0.2, 0.25) is 0 Å². The Morgan fingerprint density at radius 2 is 1.82 bits per heavy atom. The van der Waals surface area contributed by atoms with Crippen LogP contribution in [-0.2, 0) is 19.2 Å². The zero-order valence-electron chi connectivity index (χ0n) is 19.3. The molecule has 180 valence electrons. The third-order valence-corrected chi connectivity index (χ3v) is 6.21. The van der Waals surface area contributed by atoms with Gasteiger partial charge in [-0.2, -0.15) is 0 Å². The number of carbonyl (C=O) groups excluding carboxylic acids is 2. The SMILES string of the molecule is CC(C)(C)OC(=O)ON1CCC2(CC1)CC(C(=O)N1CCN(c3ncccc3Cl)CC1)=NO2. The van der Waals surface area contributed by atoms with Gasteiger partial charge in [0.05, 0.1) is 5.02 Å². The van der Waals surface area contributed by atoms with E-state index in [1.54, 1.807) is 43.0 Å². The van der Waals surface area contributed by atoms with Crippen molar-refractivity contribution in [2.24, 2.45) is 5.16 Å². The summed E-state index contributed by atoms with van der Waals surface area (Å²) < 4.78 is 5.19. The van der Waals surface area contributed by atoms with Crippen molar-refractivity contribution in [1.82, 2.24) is 14.9 Å². The summed E-state index contributed by atoms with van der Waals surface area (Å²) in [6.45, 7) is 8.77. The van der Waals surface area contributed by atoms with Crippen molar-refractivity contribution in [3.63, 3.8) is 0 Å². The standard InChI is InChI=1S/C22H30ClN5O5/c1-21(2,3)31-20(30)32-28-9-6-22(7-10-28)15-17(25-33-22)19(29)27-13-11-26(12-14-27)18-16(23)5-4-8-24-18/h4-5,8H,6-7,9-15H2,1-3H3. The van der Waals surface area contributed by atoms with E-state index in [9.17, 15) is 9.59 Å². The van der Waals surface area contributed by atoms with E-state index in [-0.39, 0.29) is 5.91 Å². The van der Waals surface area contributed by atoms with Gasteiger partial charge in [-0.1, -0.05) is 16.8 Å². The third kappa shape index (κ3) is 5.67. The van der Waals surface area contributed by atoms with Gasteiger partial charge in [-0.3, -0.25) is 4.79 Å². The molecule has 0 atom stereocenters. The summed E-state index contributed by atoms with van der Waals surface area (Å²) in [5.41, 5.74) is -0.690. The molecule has 2 saturated heterocycles. The minimum atomic E-state index is -0.718. The average molecular weight is 480 g/mol. The minimum Gasteiger partial charge on any atom is -0.427 e. The first-order chi connectivity index (χ1) is 15.6. The van der Waals surface area contributed by atoms with Crippen molar-refractivity contribution in [2.45, 2.75) is 51.2 Å². The van der Waals surface area contributed by atoms with Crippen molar-refractivity contribution in [3.05, 3.63) is 23.4 Å². The molecule has 3 aliphatic rings. The summed E-state index contributed by atoms with van der Waals surface area (Å²) in [6.07, 6.45) is 2.65. The maximum atomic E-state index is 13.0. The highest BCUT2D eigenvalue weighted by Crippen LogP contribution is 2.35. The van der Waals surface area contributed by atoms with E-state index in [2.05, 4.69) is 15.0 Å². The first-order valence-corrected chi connectivity index (χ1v) is 11.6. The predicted molar refractivity (Wildman–Crippen MR) is 122 cm³/mol. The highest BCUT2D eigenvalue weighted by atomic mass is 35.5. The van der Waals surface area contributed by atoms with Crippen LogP contribution in [0.15, 0.2) is 23.5 Å². The van der Waals surface area contributed by atoms with Crippen LogP contribution in [0.3, 0.4) is 0 Å². The molecule has 0 aromatic carbocycles. The molecule has 1 spiro atoms. The fraction of sp³-hybridized carbons (Fsp3) is 0.636. The highest BCUT2D eigenvalue weighted by Gasteiger charge is 2.45. The first-order valence-electron chi connectivity index (χ1n) is 11.2. The number of rotatable bonds is 3. The lowest BCUT2D eigenvalue weighted by atomic mass is 9.87. The molecular weight excluding hydrogens is 450 g/mol. The second kappa shape index (κ2) is 9.34. The van der Waals surface area contributed by atoms with E-state index in [0.29, 0.717) is 69.3 Å². The van der Waals surface area contributed by atoms with Gasteiger partial charge in [0, 0.05) is 64.7 Å². The molecule has 0 bridgehead atoms. The van der Waals surface area contributed by atoms with Gasteiger partial charge in [0.15, 0.2) is 0 Å². The lowest BCUT2D eigenvalue weighted by molar-refractivity contribution is -0.180. The van der Waals surface area contributed by atoms with Crippen LogP contribution in [0.1, 0.15) is 40.0 Å². The number of anilines is 1. The van der Waals surface area contributed by atoms with Crippen molar-refractivity contribution < 1.29 is 24.0 Å². The van der Waals surface area contributed by atoms with Gasteiger partial charge < -0.3 is 24.2 Å². The Balaban J connectivity index is 1.24. The second-order valence-corrected chi connectivity index (χ2v) is 9.97. The predicted octanol–water partition coefficient (Wildman–Crippen LogP) is 2.86. The minimum absolute atomic E-state index is 0.0916. The number of aromatic nitrogens is 1. The Bertz CT molecular complexity index is 918. The topological polar surface area (TPSA) is 96.8 Å². The number of halogens is 1. The normalized spacial score (nSPS) is 20.9. The second-order valence-electron chi connectivity index (χ2n) is 9.56. The van der Waals surface area contributed by atoms with E-state index < -0.39 is 17.4 Å². The van der Waals surface area contributed by atoms with E-state index in [1.807, 2.05) is 6.07 Å². The van der Waals surface area contributed by atoms with E-state index in [1.165, 1.54) is 0 Å². The van der Waals surface area contributed by atoms with Gasteiger partial charge in [-0.25, -0.2) is 9.78 Å². The molecule has 10 nitrogen and oxygen atoms in total. The lowest BCUT2D eigenvalue weighted by Gasteiger charge is -2.36. The Morgan fingerprint density at radius 3 is 2.45 bits per heavy atom. The van der Waals surface area contributed by atoms with Crippen LogP contribution in [0.4, 0.5) is 10.6 Å². The van der Waals surface area contributed by atoms with Crippen LogP contribution in [0.2, 0.25) is 5.02 Å². The number of carbonyl (C=O) groups is 2. The van der Waals surface area contributed by atoms with Crippen LogP contribution < -0.4 is 4.90 Å². The molecule has 1 amide bonds. The average Bonchev–Trinajstić information content (AvgIpc) is 3.18. The summed E-state index contributed by atoms with van der Waals surface area (Å²) >= 11 is 6.25. The third-order valence-electron chi connectivity index (χ3n) is 5.92. The fourth-order valence-corrected chi connectivity index (χ4v) is 4.42. The zero-order chi connectivity index (χ0) is 23.6. The number of ether oxygens (including phenoxy) is 1. The molecule has 3 aliphatic heterocycles. The summed E-state index contributed by atoms with van der Waals surface area (Å²) in [4.78, 5) is 44.2. The highest BCUT2D eigenvalue weighted by molar-refractivity contribution is 6.39. The molecule has 1 aromatic heterocycles. The van der Waals surface area contributed by atoms with Crippen LogP contribution in [0.5, 0.6) is 0 Å². The van der Waals surface area contributed by atoms with Crippen LogP contribution in [0, 0.1) is 0 Å².